The van der Waals surface area contributed by atoms with Gasteiger partial charge in [-0.2, -0.15) is 0 Å². The number of carbonyl (C=O) groups is 1. The first-order valence-corrected chi connectivity index (χ1v) is 7.06. The normalized spacial score (nSPS) is 12.1. The van der Waals surface area contributed by atoms with Crippen molar-refractivity contribution in [3.63, 3.8) is 0 Å². The molecule has 0 aliphatic rings. The maximum Gasteiger partial charge on any atom is 0.255 e. The fraction of sp³-hybridized carbons (Fsp3) is 0.462. The molecule has 0 spiro atoms. The molecule has 1 aromatic rings. The van der Waals surface area contributed by atoms with Gasteiger partial charge in [-0.3, -0.25) is 4.79 Å². The summed E-state index contributed by atoms with van der Waals surface area (Å²) in [5, 5.41) is 22.5. The number of rotatable bonds is 6. The molecule has 0 heterocycles. The van der Waals surface area contributed by atoms with Crippen molar-refractivity contribution >= 4 is 21.8 Å². The fourth-order valence-corrected chi connectivity index (χ4v) is 2.29. The maximum absolute atomic E-state index is 11.8. The first-order valence-electron chi connectivity index (χ1n) is 5.94. The summed E-state index contributed by atoms with van der Waals surface area (Å²) in [5.41, 5.74) is 0.101. The van der Waals surface area contributed by atoms with Gasteiger partial charge in [-0.1, -0.05) is 29.3 Å². The lowest BCUT2D eigenvalue weighted by molar-refractivity contribution is 0.0943. The zero-order valence-corrected chi connectivity index (χ0v) is 11.9. The minimum atomic E-state index is -0.364. The van der Waals surface area contributed by atoms with Crippen LogP contribution in [0.25, 0.3) is 0 Å². The molecule has 0 aromatic heterocycles. The molecule has 0 saturated heterocycles. The molecule has 100 valence electrons. The van der Waals surface area contributed by atoms with Crippen LogP contribution in [-0.2, 0) is 0 Å². The van der Waals surface area contributed by atoms with Gasteiger partial charge in [-0.25, -0.2) is 0 Å². The van der Waals surface area contributed by atoms with Crippen LogP contribution in [0.4, 0.5) is 0 Å². The number of nitrogens with one attached hydrogen (secondary N) is 1. The molecule has 1 amide bonds. The second-order valence-electron chi connectivity index (χ2n) is 4.16. The molecule has 0 bridgehead atoms. The van der Waals surface area contributed by atoms with E-state index < -0.39 is 0 Å². The van der Waals surface area contributed by atoms with E-state index in [0.717, 1.165) is 18.2 Å². The lowest BCUT2D eigenvalue weighted by Gasteiger charge is -2.14. The van der Waals surface area contributed by atoms with Crippen molar-refractivity contribution in [1.29, 1.82) is 0 Å². The Balaban J connectivity index is 2.62. The highest BCUT2D eigenvalue weighted by Gasteiger charge is 2.13. The predicted molar refractivity (Wildman–Crippen MR) is 74.3 cm³/mol. The summed E-state index contributed by atoms with van der Waals surface area (Å²) in [5.74, 6) is -0.117. The molecule has 0 fully saturated rings. The Morgan fingerprint density at radius 3 is 2.78 bits per heavy atom. The number of amides is 1. The van der Waals surface area contributed by atoms with Crippen LogP contribution in [-0.4, -0.2) is 28.0 Å². The predicted octanol–water partition coefficient (Wildman–Crippen LogP) is 2.64. The van der Waals surface area contributed by atoms with Gasteiger partial charge in [0.05, 0.1) is 5.56 Å². The van der Waals surface area contributed by atoms with E-state index in [9.17, 15) is 15.0 Å². The molecular formula is C13H18BrNO3. The van der Waals surface area contributed by atoms with Crippen LogP contribution in [0.2, 0.25) is 0 Å². The van der Waals surface area contributed by atoms with Crippen LogP contribution in [0.1, 0.15) is 30.1 Å². The van der Waals surface area contributed by atoms with E-state index >= 15 is 0 Å². The summed E-state index contributed by atoms with van der Waals surface area (Å²) in [4.78, 5) is 11.8. The van der Waals surface area contributed by atoms with Crippen molar-refractivity contribution in [1.82, 2.24) is 5.32 Å². The van der Waals surface area contributed by atoms with Gasteiger partial charge in [-0.05, 0) is 30.5 Å². The zero-order chi connectivity index (χ0) is 13.5. The molecule has 1 unspecified atom stereocenters. The standard InChI is InChI=1S/C13H18BrNO3/c1-2-9(5-6-14)8-15-13(18)11-7-10(16)3-4-12(11)17/h3-4,7,9,16-17H,2,5-6,8H2,1H3,(H,15,18). The lowest BCUT2D eigenvalue weighted by atomic mass is 10.0. The molecule has 1 atom stereocenters. The Bertz CT molecular complexity index is 409. The average Bonchev–Trinajstić information content (AvgIpc) is 2.37. The summed E-state index contributed by atoms with van der Waals surface area (Å²) >= 11 is 3.38. The molecule has 0 saturated carbocycles. The topological polar surface area (TPSA) is 69.6 Å². The number of aromatic hydroxyl groups is 2. The van der Waals surface area contributed by atoms with Crippen LogP contribution in [0.5, 0.6) is 11.5 Å². The maximum atomic E-state index is 11.8. The molecule has 0 radical (unpaired) electrons. The summed E-state index contributed by atoms with van der Waals surface area (Å²) in [7, 11) is 0. The minimum absolute atomic E-state index is 0.0366. The molecule has 0 aliphatic heterocycles. The molecule has 0 aliphatic carbocycles. The number of halogens is 1. The minimum Gasteiger partial charge on any atom is -0.508 e. The number of phenolic OH excluding ortho intramolecular Hbond substituents is 2. The fourth-order valence-electron chi connectivity index (χ4n) is 1.64. The number of carbonyl (C=O) groups excluding carboxylic acids is 1. The van der Waals surface area contributed by atoms with E-state index in [2.05, 4.69) is 28.2 Å². The summed E-state index contributed by atoms with van der Waals surface area (Å²) in [6, 6.07) is 3.90. The van der Waals surface area contributed by atoms with Crippen LogP contribution in [0.15, 0.2) is 18.2 Å². The summed E-state index contributed by atoms with van der Waals surface area (Å²) in [6.07, 6.45) is 1.97. The highest BCUT2D eigenvalue weighted by molar-refractivity contribution is 9.09. The second-order valence-corrected chi connectivity index (χ2v) is 4.96. The summed E-state index contributed by atoms with van der Waals surface area (Å²) in [6.45, 7) is 2.64. The highest BCUT2D eigenvalue weighted by Crippen LogP contribution is 2.22. The van der Waals surface area contributed by atoms with E-state index in [-0.39, 0.29) is 23.0 Å². The third-order valence-electron chi connectivity index (χ3n) is 2.87. The molecule has 4 nitrogen and oxygen atoms in total. The first kappa shape index (κ1) is 14.8. The van der Waals surface area contributed by atoms with Crippen molar-refractivity contribution in [3.05, 3.63) is 23.8 Å². The SMILES string of the molecule is CCC(CCBr)CNC(=O)c1cc(O)ccc1O. The van der Waals surface area contributed by atoms with Gasteiger partial charge >= 0.3 is 0 Å². The van der Waals surface area contributed by atoms with Gasteiger partial charge in [0.2, 0.25) is 0 Å². The number of hydrogen-bond acceptors (Lipinski definition) is 3. The van der Waals surface area contributed by atoms with E-state index in [1.165, 1.54) is 18.2 Å². The Kier molecular flexibility index (Phi) is 5.98. The van der Waals surface area contributed by atoms with E-state index in [4.69, 9.17) is 0 Å². The Labute approximate surface area is 115 Å². The van der Waals surface area contributed by atoms with Crippen LogP contribution in [0.3, 0.4) is 0 Å². The number of phenols is 2. The van der Waals surface area contributed by atoms with Gasteiger partial charge in [0.15, 0.2) is 0 Å². The quantitative estimate of drug-likeness (QED) is 0.558. The molecule has 1 aromatic carbocycles. The molecule has 5 heteroatoms. The lowest BCUT2D eigenvalue weighted by Crippen LogP contribution is -2.29. The van der Waals surface area contributed by atoms with Gasteiger partial charge in [0.25, 0.3) is 5.91 Å². The number of benzene rings is 1. The summed E-state index contributed by atoms with van der Waals surface area (Å²) < 4.78 is 0. The largest absolute Gasteiger partial charge is 0.508 e. The van der Waals surface area contributed by atoms with E-state index in [0.29, 0.717) is 12.5 Å². The van der Waals surface area contributed by atoms with Crippen molar-refractivity contribution < 1.29 is 15.0 Å². The highest BCUT2D eigenvalue weighted by atomic mass is 79.9. The van der Waals surface area contributed by atoms with Crippen LogP contribution < -0.4 is 5.32 Å². The molecule has 3 N–H and O–H groups in total. The van der Waals surface area contributed by atoms with E-state index in [1.807, 2.05) is 0 Å². The van der Waals surface area contributed by atoms with Crippen molar-refractivity contribution in [2.24, 2.45) is 5.92 Å². The molecular weight excluding hydrogens is 298 g/mol. The van der Waals surface area contributed by atoms with Crippen LogP contribution >= 0.6 is 15.9 Å². The Morgan fingerprint density at radius 2 is 2.17 bits per heavy atom. The molecule has 18 heavy (non-hydrogen) atoms. The van der Waals surface area contributed by atoms with Gasteiger partial charge in [-0.15, -0.1) is 0 Å². The molecule has 1 rings (SSSR count). The Morgan fingerprint density at radius 1 is 1.44 bits per heavy atom. The van der Waals surface area contributed by atoms with Crippen LogP contribution in [0, 0.1) is 5.92 Å². The third kappa shape index (κ3) is 4.22. The third-order valence-corrected chi connectivity index (χ3v) is 3.33. The first-order chi connectivity index (χ1) is 8.58. The van der Waals surface area contributed by atoms with Gasteiger partial charge in [0, 0.05) is 11.9 Å². The smallest absolute Gasteiger partial charge is 0.255 e. The average molecular weight is 316 g/mol. The van der Waals surface area contributed by atoms with Gasteiger partial charge < -0.3 is 15.5 Å². The van der Waals surface area contributed by atoms with Crippen molar-refractivity contribution in [2.45, 2.75) is 19.8 Å². The Hall–Kier alpha value is -1.23. The monoisotopic (exact) mass is 315 g/mol. The number of hydrogen-bond donors (Lipinski definition) is 3. The number of alkyl halides is 1. The van der Waals surface area contributed by atoms with Gasteiger partial charge in [0.1, 0.15) is 11.5 Å². The second kappa shape index (κ2) is 7.26. The van der Waals surface area contributed by atoms with Crippen molar-refractivity contribution in [2.75, 3.05) is 11.9 Å². The zero-order valence-electron chi connectivity index (χ0n) is 10.3. The van der Waals surface area contributed by atoms with E-state index in [1.54, 1.807) is 0 Å². The van der Waals surface area contributed by atoms with Crippen molar-refractivity contribution in [3.8, 4) is 11.5 Å².